The predicted octanol–water partition coefficient (Wildman–Crippen LogP) is 6.15. The van der Waals surface area contributed by atoms with Gasteiger partial charge in [-0.25, -0.2) is 8.78 Å². The molecule has 14 nitrogen and oxygen atoms in total. The zero-order valence-electron chi connectivity index (χ0n) is 34.3. The highest BCUT2D eigenvalue weighted by Gasteiger charge is 2.32. The molecule has 1 unspecified atom stereocenters. The van der Waals surface area contributed by atoms with Crippen LogP contribution in [0.2, 0.25) is 0 Å². The maximum atomic E-state index is 13.3. The van der Waals surface area contributed by atoms with Crippen LogP contribution in [-0.4, -0.2) is 91.0 Å². The molecule has 0 fully saturated rings. The summed E-state index contributed by atoms with van der Waals surface area (Å²) < 4.78 is 47.7. The van der Waals surface area contributed by atoms with Crippen LogP contribution in [0.25, 0.3) is 0 Å². The molecule has 0 saturated heterocycles. The third-order valence-electron chi connectivity index (χ3n) is 9.03. The maximum absolute atomic E-state index is 13.3. The van der Waals surface area contributed by atoms with E-state index in [0.29, 0.717) is 62.8 Å². The van der Waals surface area contributed by atoms with E-state index in [1.54, 1.807) is 39.8 Å². The number of Topliss-reactive ketones (excluding diaryl/α,β-unsaturated/α-hetero) is 1. The summed E-state index contributed by atoms with van der Waals surface area (Å²) in [7, 11) is 2.84. The quantitative estimate of drug-likeness (QED) is 0.0538. The molecular weight excluding hydrogens is 754 g/mol. The number of nitrogens with one attached hydrogen (secondary N) is 4. The van der Waals surface area contributed by atoms with Gasteiger partial charge in [-0.05, 0) is 90.5 Å². The Hall–Kier alpha value is -5.29. The molecule has 3 atom stereocenters. The first-order valence-electron chi connectivity index (χ1n) is 18.9. The van der Waals surface area contributed by atoms with E-state index in [0.717, 1.165) is 0 Å². The van der Waals surface area contributed by atoms with Crippen LogP contribution in [0.4, 0.5) is 8.78 Å². The fraction of sp³-hybridized carbons (Fsp3) is 0.548. The molecule has 16 heteroatoms. The number of carbonyl (C=O) groups excluding carboxylic acids is 3. The lowest BCUT2D eigenvalue weighted by atomic mass is 10.00. The molecule has 5 N–H and O–H groups in total. The number of methoxy groups -OCH3 is 2. The summed E-state index contributed by atoms with van der Waals surface area (Å²) >= 11 is 0. The third-order valence-corrected chi connectivity index (χ3v) is 9.03. The Morgan fingerprint density at radius 3 is 1.69 bits per heavy atom. The first kappa shape index (κ1) is 50.7. The molecule has 0 aliphatic carbocycles. The van der Waals surface area contributed by atoms with Gasteiger partial charge in [0.15, 0.2) is 5.78 Å². The van der Waals surface area contributed by atoms with Crippen LogP contribution in [0.15, 0.2) is 48.5 Å². The van der Waals surface area contributed by atoms with Crippen molar-refractivity contribution < 1.29 is 47.2 Å². The van der Waals surface area contributed by atoms with Crippen molar-refractivity contribution in [1.29, 1.82) is 21.3 Å². The molecule has 0 bridgehead atoms. The number of ketones is 1. The number of hydrogen-bond acceptors (Lipinski definition) is 12. The van der Waals surface area contributed by atoms with Gasteiger partial charge in [0, 0.05) is 37.8 Å². The van der Waals surface area contributed by atoms with Crippen molar-refractivity contribution in [3.8, 4) is 23.6 Å². The predicted molar refractivity (Wildman–Crippen MR) is 214 cm³/mol. The van der Waals surface area contributed by atoms with E-state index in [1.807, 2.05) is 12.1 Å². The highest BCUT2D eigenvalue weighted by Crippen LogP contribution is 2.17. The number of amides is 2. The molecule has 2 amide bonds. The van der Waals surface area contributed by atoms with Gasteiger partial charge in [-0.2, -0.15) is 10.5 Å². The molecule has 2 aromatic carbocycles. The summed E-state index contributed by atoms with van der Waals surface area (Å²) in [6.07, 6.45) is 3.45. The van der Waals surface area contributed by atoms with E-state index >= 15 is 0 Å². The molecule has 0 spiro atoms. The smallest absolute Gasteiger partial charge is 0.252 e. The topological polar surface area (TPSA) is 228 Å². The minimum Gasteiger partial charge on any atom is -0.491 e. The Balaban J connectivity index is 0.000000580. The van der Waals surface area contributed by atoms with Gasteiger partial charge in [0.05, 0.1) is 37.1 Å². The van der Waals surface area contributed by atoms with Gasteiger partial charge in [-0.15, -0.1) is 0 Å². The van der Waals surface area contributed by atoms with Gasteiger partial charge in [0.1, 0.15) is 53.7 Å². The van der Waals surface area contributed by atoms with Crippen LogP contribution in [0.3, 0.4) is 0 Å². The van der Waals surface area contributed by atoms with Gasteiger partial charge in [-0.1, -0.05) is 25.0 Å². The number of nitriles is 2. The zero-order valence-corrected chi connectivity index (χ0v) is 34.3. The average molecular weight is 813 g/mol. The van der Waals surface area contributed by atoms with Crippen molar-refractivity contribution in [2.24, 2.45) is 0 Å². The number of halogens is 2. The Kier molecular flexibility index (Phi) is 23.3. The molecule has 318 valence electrons. The Morgan fingerprint density at radius 2 is 1.22 bits per heavy atom. The average Bonchev–Trinajstić information content (AvgIpc) is 3.18. The fourth-order valence-corrected chi connectivity index (χ4v) is 4.96. The number of ether oxygens (including phenoxy) is 4. The Labute approximate surface area is 340 Å². The number of unbranched alkanes of at least 4 members (excludes halogenated alkanes) is 2. The van der Waals surface area contributed by atoms with Crippen molar-refractivity contribution in [3.05, 3.63) is 60.2 Å². The first-order valence-corrected chi connectivity index (χ1v) is 18.9. The van der Waals surface area contributed by atoms with Crippen LogP contribution in [0.1, 0.15) is 91.9 Å². The maximum Gasteiger partial charge on any atom is 0.252 e. The Morgan fingerprint density at radius 1 is 0.759 bits per heavy atom. The van der Waals surface area contributed by atoms with Crippen LogP contribution in [0.5, 0.6) is 11.5 Å². The molecule has 0 heterocycles. The SMILES string of the molecule is COC(C)(C)C(=O)N[C@@H](CCCCC(=N)CC#N)C(=O)COc1cccc(F)c1.COC(C)(C)C(=O)N[C@@H](CCCCC(=N)CC#N)C(O)COc1cccc(F)c1. The first-order chi connectivity index (χ1) is 27.4. The molecule has 58 heavy (non-hydrogen) atoms. The number of aliphatic hydroxyl groups is 1. The molecule has 0 aromatic heterocycles. The minimum absolute atomic E-state index is 0.0859. The summed E-state index contributed by atoms with van der Waals surface area (Å²) in [4.78, 5) is 37.5. The van der Waals surface area contributed by atoms with E-state index in [1.165, 1.54) is 50.6 Å². The molecule has 2 aromatic rings. The van der Waals surface area contributed by atoms with Crippen molar-refractivity contribution in [1.82, 2.24) is 10.6 Å². The number of benzene rings is 2. The third kappa shape index (κ3) is 20.2. The molecular formula is C42H58F2N6O8. The van der Waals surface area contributed by atoms with Crippen LogP contribution < -0.4 is 20.1 Å². The normalized spacial score (nSPS) is 12.6. The second-order valence-corrected chi connectivity index (χ2v) is 14.5. The van der Waals surface area contributed by atoms with Crippen LogP contribution in [-0.2, 0) is 23.9 Å². The number of hydrogen-bond donors (Lipinski definition) is 5. The van der Waals surface area contributed by atoms with Crippen molar-refractivity contribution in [3.63, 3.8) is 0 Å². The van der Waals surface area contributed by atoms with Gasteiger partial charge >= 0.3 is 0 Å². The minimum atomic E-state index is -1.10. The molecule has 0 aliphatic rings. The van der Waals surface area contributed by atoms with Gasteiger partial charge < -0.3 is 45.5 Å². The van der Waals surface area contributed by atoms with Gasteiger partial charge in [0.25, 0.3) is 11.8 Å². The fourth-order valence-electron chi connectivity index (χ4n) is 4.96. The molecule has 0 aliphatic heterocycles. The standard InChI is InChI=1S/C21H30FN3O4.C21H28FN3O4/c2*1-21(2,28-3)20(27)25-18(10-5-4-8-16(24)11-12-23)19(26)14-29-17-9-6-7-15(22)13-17/h6-7,9,13,18-19,24,26H,4-5,8,10-11,14H2,1-3H3,(H,25,27);6-7,9,13,18,24H,4-5,8,10-11,14H2,1-3H3,(H,25,27)/t18-,19?;18-/m00/s1. The van der Waals surface area contributed by atoms with E-state index in [4.69, 9.17) is 40.3 Å². The number of rotatable bonds is 26. The Bertz CT molecular complexity index is 1730. The largest absolute Gasteiger partial charge is 0.491 e. The lowest BCUT2D eigenvalue weighted by Crippen LogP contribution is -2.52. The van der Waals surface area contributed by atoms with Crippen molar-refractivity contribution in [2.45, 2.75) is 121 Å². The number of carbonyl (C=O) groups is 3. The van der Waals surface area contributed by atoms with E-state index in [-0.39, 0.29) is 49.2 Å². The number of nitrogens with zero attached hydrogens (tertiary/aromatic N) is 2. The van der Waals surface area contributed by atoms with Gasteiger partial charge in [0.2, 0.25) is 0 Å². The highest BCUT2D eigenvalue weighted by molar-refractivity contribution is 5.92. The lowest BCUT2D eigenvalue weighted by molar-refractivity contribution is -0.142. The van der Waals surface area contributed by atoms with Crippen LogP contribution in [0, 0.1) is 45.1 Å². The van der Waals surface area contributed by atoms with E-state index < -0.39 is 46.9 Å². The zero-order chi connectivity index (χ0) is 43.7. The van der Waals surface area contributed by atoms with E-state index in [2.05, 4.69) is 10.6 Å². The summed E-state index contributed by atoms with van der Waals surface area (Å²) in [6, 6.07) is 13.5. The number of aliphatic hydroxyl groups excluding tert-OH is 1. The second-order valence-electron chi connectivity index (χ2n) is 14.5. The summed E-state index contributed by atoms with van der Waals surface area (Å²) in [5.41, 5.74) is -1.45. The summed E-state index contributed by atoms with van der Waals surface area (Å²) in [5.74, 6) is -1.54. The summed E-state index contributed by atoms with van der Waals surface area (Å²) in [6.45, 7) is 6.00. The van der Waals surface area contributed by atoms with Crippen molar-refractivity contribution >= 4 is 29.0 Å². The summed E-state index contributed by atoms with van der Waals surface area (Å²) in [5, 5.41) is 48.5. The molecule has 0 radical (unpaired) electrons. The van der Waals surface area contributed by atoms with Crippen LogP contribution >= 0.6 is 0 Å². The molecule has 2 rings (SSSR count). The lowest BCUT2D eigenvalue weighted by Gasteiger charge is -2.29. The molecule has 0 saturated carbocycles. The highest BCUT2D eigenvalue weighted by atomic mass is 19.1. The van der Waals surface area contributed by atoms with Gasteiger partial charge in [-0.3, -0.25) is 14.4 Å². The second kappa shape index (κ2) is 26.6. The van der Waals surface area contributed by atoms with Crippen molar-refractivity contribution in [2.75, 3.05) is 27.4 Å². The monoisotopic (exact) mass is 812 g/mol. The van der Waals surface area contributed by atoms with E-state index in [9.17, 15) is 28.3 Å².